The first kappa shape index (κ1) is 15.7. The van der Waals surface area contributed by atoms with E-state index in [2.05, 4.69) is 0 Å². The highest BCUT2D eigenvalue weighted by molar-refractivity contribution is 8.00. The van der Waals surface area contributed by atoms with Gasteiger partial charge in [0, 0.05) is 16.0 Å². The van der Waals surface area contributed by atoms with Crippen LogP contribution < -0.4 is 0 Å². The standard InChI is InChI=1S/C19H13F3S/c20-16-10-6-14(7-11-16)19(22,15-8-12-17(21)13-9-15)23-18-4-2-1-3-5-18/h1-13H. The van der Waals surface area contributed by atoms with Crippen molar-refractivity contribution in [2.24, 2.45) is 0 Å². The average Bonchev–Trinajstić information content (AvgIpc) is 2.57. The fourth-order valence-electron chi connectivity index (χ4n) is 2.26. The van der Waals surface area contributed by atoms with Crippen molar-refractivity contribution >= 4 is 11.8 Å². The molecule has 0 nitrogen and oxygen atoms in total. The van der Waals surface area contributed by atoms with Crippen molar-refractivity contribution in [3.8, 4) is 0 Å². The monoisotopic (exact) mass is 330 g/mol. The first-order valence-electron chi connectivity index (χ1n) is 7.03. The summed E-state index contributed by atoms with van der Waals surface area (Å²) >= 11 is 0.997. The fraction of sp³-hybridized carbons (Fsp3) is 0.0526. The molecule has 0 aliphatic rings. The molecule has 0 bridgehead atoms. The third kappa shape index (κ3) is 3.42. The minimum absolute atomic E-state index is 0.305. The van der Waals surface area contributed by atoms with Crippen LogP contribution in [0, 0.1) is 11.6 Å². The molecular weight excluding hydrogens is 317 g/mol. The van der Waals surface area contributed by atoms with E-state index in [1.807, 2.05) is 18.2 Å². The lowest BCUT2D eigenvalue weighted by Gasteiger charge is -2.26. The van der Waals surface area contributed by atoms with Crippen LogP contribution in [-0.4, -0.2) is 0 Å². The molecule has 3 rings (SSSR count). The van der Waals surface area contributed by atoms with Crippen molar-refractivity contribution in [1.29, 1.82) is 0 Å². The van der Waals surface area contributed by atoms with Crippen LogP contribution in [0.5, 0.6) is 0 Å². The zero-order valence-corrected chi connectivity index (χ0v) is 12.9. The van der Waals surface area contributed by atoms with Gasteiger partial charge in [-0.15, -0.1) is 0 Å². The highest BCUT2D eigenvalue weighted by atomic mass is 32.2. The number of thioether (sulfide) groups is 1. The van der Waals surface area contributed by atoms with Gasteiger partial charge in [-0.2, -0.15) is 0 Å². The lowest BCUT2D eigenvalue weighted by Crippen LogP contribution is -2.17. The van der Waals surface area contributed by atoms with Crippen LogP contribution in [0.3, 0.4) is 0 Å². The van der Waals surface area contributed by atoms with Gasteiger partial charge in [0.1, 0.15) is 11.6 Å². The van der Waals surface area contributed by atoms with Gasteiger partial charge < -0.3 is 0 Å². The molecule has 0 unspecified atom stereocenters. The smallest absolute Gasteiger partial charge is 0.211 e. The molecule has 3 aromatic rings. The third-order valence-electron chi connectivity index (χ3n) is 3.43. The molecule has 0 spiro atoms. The van der Waals surface area contributed by atoms with Crippen LogP contribution in [0.25, 0.3) is 0 Å². The third-order valence-corrected chi connectivity index (χ3v) is 4.69. The number of hydrogen-bond donors (Lipinski definition) is 0. The van der Waals surface area contributed by atoms with Crippen molar-refractivity contribution in [1.82, 2.24) is 0 Å². The second-order valence-electron chi connectivity index (χ2n) is 5.02. The summed E-state index contributed by atoms with van der Waals surface area (Å²) in [6, 6.07) is 19.6. The summed E-state index contributed by atoms with van der Waals surface area (Å²) in [5, 5.41) is -1.94. The van der Waals surface area contributed by atoms with Crippen LogP contribution in [0.2, 0.25) is 0 Å². The van der Waals surface area contributed by atoms with Crippen molar-refractivity contribution in [2.75, 3.05) is 0 Å². The van der Waals surface area contributed by atoms with Crippen LogP contribution >= 0.6 is 11.8 Å². The second kappa shape index (κ2) is 6.50. The fourth-order valence-corrected chi connectivity index (χ4v) is 3.39. The summed E-state index contributed by atoms with van der Waals surface area (Å²) in [6.45, 7) is 0. The molecule has 0 aromatic heterocycles. The maximum atomic E-state index is 15.9. The van der Waals surface area contributed by atoms with Gasteiger partial charge >= 0.3 is 0 Å². The molecule has 0 aliphatic heterocycles. The molecule has 3 aromatic carbocycles. The summed E-state index contributed by atoms with van der Waals surface area (Å²) in [5.74, 6) is -0.861. The Labute approximate surface area is 137 Å². The molecule has 0 atom stereocenters. The quantitative estimate of drug-likeness (QED) is 0.534. The van der Waals surface area contributed by atoms with E-state index in [0.717, 1.165) is 16.7 Å². The Morgan fingerprint density at radius 3 is 1.48 bits per heavy atom. The van der Waals surface area contributed by atoms with E-state index in [0.29, 0.717) is 11.1 Å². The molecule has 0 saturated carbocycles. The first-order chi connectivity index (χ1) is 11.1. The van der Waals surface area contributed by atoms with Gasteiger partial charge in [0.25, 0.3) is 0 Å². The Kier molecular flexibility index (Phi) is 4.44. The van der Waals surface area contributed by atoms with E-state index in [4.69, 9.17) is 0 Å². The molecule has 0 saturated heterocycles. The molecule has 23 heavy (non-hydrogen) atoms. The van der Waals surface area contributed by atoms with Gasteiger partial charge in [0.05, 0.1) is 0 Å². The molecule has 116 valence electrons. The lowest BCUT2D eigenvalue weighted by atomic mass is 10.0. The van der Waals surface area contributed by atoms with E-state index in [1.54, 1.807) is 12.1 Å². The van der Waals surface area contributed by atoms with Crippen molar-refractivity contribution in [3.05, 3.63) is 102 Å². The van der Waals surface area contributed by atoms with Gasteiger partial charge in [-0.1, -0.05) is 54.2 Å². The Bertz CT molecular complexity index is 722. The van der Waals surface area contributed by atoms with Gasteiger partial charge in [0.15, 0.2) is 0 Å². The second-order valence-corrected chi connectivity index (χ2v) is 6.26. The Balaban J connectivity index is 2.08. The van der Waals surface area contributed by atoms with Crippen LogP contribution in [0.4, 0.5) is 13.2 Å². The predicted molar refractivity (Wildman–Crippen MR) is 87.0 cm³/mol. The van der Waals surface area contributed by atoms with Gasteiger partial charge in [-0.05, 0) is 36.4 Å². The van der Waals surface area contributed by atoms with Crippen molar-refractivity contribution < 1.29 is 13.2 Å². The highest BCUT2D eigenvalue weighted by Gasteiger charge is 2.35. The maximum Gasteiger partial charge on any atom is 0.211 e. The number of halogens is 3. The number of hydrogen-bond acceptors (Lipinski definition) is 1. The molecule has 0 fully saturated rings. The molecule has 0 aliphatic carbocycles. The van der Waals surface area contributed by atoms with E-state index in [1.165, 1.54) is 48.5 Å². The molecule has 0 amide bonds. The Morgan fingerprint density at radius 2 is 1.04 bits per heavy atom. The summed E-state index contributed by atoms with van der Waals surface area (Å²) in [4.78, 5) is 0.726. The molecular formula is C19H13F3S. The molecule has 4 heteroatoms. The zero-order valence-electron chi connectivity index (χ0n) is 12.0. The summed E-state index contributed by atoms with van der Waals surface area (Å²) in [7, 11) is 0. The SMILES string of the molecule is Fc1ccc(C(F)(Sc2ccccc2)c2ccc(F)cc2)cc1. The predicted octanol–water partition coefficient (Wildman–Crippen LogP) is 5.93. The van der Waals surface area contributed by atoms with Crippen LogP contribution in [0.15, 0.2) is 83.8 Å². The minimum atomic E-state index is -1.94. The summed E-state index contributed by atoms with van der Waals surface area (Å²) in [6.07, 6.45) is 0. The number of rotatable bonds is 4. The highest BCUT2D eigenvalue weighted by Crippen LogP contribution is 2.48. The van der Waals surface area contributed by atoms with Crippen LogP contribution in [-0.2, 0) is 5.00 Å². The topological polar surface area (TPSA) is 0 Å². The number of alkyl halides is 1. The lowest BCUT2D eigenvalue weighted by molar-refractivity contribution is 0.353. The Morgan fingerprint density at radius 1 is 0.609 bits per heavy atom. The molecule has 0 radical (unpaired) electrons. The molecule has 0 N–H and O–H groups in total. The first-order valence-corrected chi connectivity index (χ1v) is 7.85. The summed E-state index contributed by atoms with van der Waals surface area (Å²) in [5.41, 5.74) is 0.610. The van der Waals surface area contributed by atoms with Crippen molar-refractivity contribution in [2.45, 2.75) is 9.90 Å². The van der Waals surface area contributed by atoms with Gasteiger partial charge in [-0.3, -0.25) is 0 Å². The van der Waals surface area contributed by atoms with Gasteiger partial charge in [0.2, 0.25) is 5.00 Å². The van der Waals surface area contributed by atoms with Crippen LogP contribution in [0.1, 0.15) is 11.1 Å². The van der Waals surface area contributed by atoms with E-state index < -0.39 is 16.6 Å². The Hall–Kier alpha value is -2.20. The number of benzene rings is 3. The minimum Gasteiger partial charge on any atom is -0.221 e. The average molecular weight is 330 g/mol. The van der Waals surface area contributed by atoms with E-state index in [9.17, 15) is 8.78 Å². The summed E-state index contributed by atoms with van der Waals surface area (Å²) < 4.78 is 42.3. The zero-order chi connectivity index (χ0) is 16.3. The van der Waals surface area contributed by atoms with Gasteiger partial charge in [-0.25, -0.2) is 13.2 Å². The van der Waals surface area contributed by atoms with Crippen molar-refractivity contribution in [3.63, 3.8) is 0 Å². The maximum absolute atomic E-state index is 15.9. The largest absolute Gasteiger partial charge is 0.221 e. The normalized spacial score (nSPS) is 11.4. The van der Waals surface area contributed by atoms with E-state index in [-0.39, 0.29) is 0 Å². The van der Waals surface area contributed by atoms with E-state index >= 15 is 4.39 Å². The molecule has 0 heterocycles.